The first-order valence-electron chi connectivity index (χ1n) is 7.70. The molecule has 3 rings (SSSR count). The molecule has 6 nitrogen and oxygen atoms in total. The van der Waals surface area contributed by atoms with Crippen LogP contribution in [-0.4, -0.2) is 14.9 Å². The highest BCUT2D eigenvalue weighted by molar-refractivity contribution is 7.99. The summed E-state index contributed by atoms with van der Waals surface area (Å²) < 4.78 is 0. The van der Waals surface area contributed by atoms with Crippen molar-refractivity contribution in [2.24, 2.45) is 0 Å². The van der Waals surface area contributed by atoms with E-state index in [1.807, 2.05) is 32.0 Å². The Morgan fingerprint density at radius 2 is 1.73 bits per heavy atom. The van der Waals surface area contributed by atoms with Crippen LogP contribution in [0.4, 0.5) is 17.2 Å². The molecule has 0 aliphatic carbocycles. The number of hydrogen-bond donors (Lipinski definition) is 1. The van der Waals surface area contributed by atoms with Gasteiger partial charge in [-0.1, -0.05) is 29.4 Å². The minimum absolute atomic E-state index is 0.159. The van der Waals surface area contributed by atoms with Gasteiger partial charge in [-0.2, -0.15) is 0 Å². The van der Waals surface area contributed by atoms with Crippen LogP contribution in [0.1, 0.15) is 11.1 Å². The minimum Gasteiger partial charge on any atom is -0.334 e. The molecule has 1 heterocycles. The monoisotopic (exact) mass is 386 g/mol. The summed E-state index contributed by atoms with van der Waals surface area (Å²) in [6.07, 6.45) is 1.32. The van der Waals surface area contributed by atoms with E-state index >= 15 is 0 Å². The van der Waals surface area contributed by atoms with Gasteiger partial charge in [-0.05, 0) is 61.4 Å². The third-order valence-electron chi connectivity index (χ3n) is 3.48. The van der Waals surface area contributed by atoms with Crippen molar-refractivity contribution in [3.63, 3.8) is 0 Å². The Morgan fingerprint density at radius 1 is 1.08 bits per heavy atom. The number of aromatic nitrogens is 2. The average Bonchev–Trinajstić information content (AvgIpc) is 2.56. The lowest BCUT2D eigenvalue weighted by Crippen LogP contribution is -2.03. The van der Waals surface area contributed by atoms with Crippen LogP contribution >= 0.6 is 23.4 Å². The summed E-state index contributed by atoms with van der Waals surface area (Å²) in [5, 5.41) is 15.6. The van der Waals surface area contributed by atoms with Gasteiger partial charge in [0.1, 0.15) is 6.33 Å². The van der Waals surface area contributed by atoms with Crippen LogP contribution in [0.2, 0.25) is 5.02 Å². The standard InChI is InChI=1S/C18H15ClN4O2S/c1-11-7-12(2)9-14(8-11)22-17-16(23(24)25)18(21-10-20-17)26-15-5-3-13(19)4-6-15/h3-10H,1-2H3,(H,20,21,22). The summed E-state index contributed by atoms with van der Waals surface area (Å²) >= 11 is 7.08. The molecule has 0 saturated heterocycles. The fourth-order valence-corrected chi connectivity index (χ4v) is 3.48. The SMILES string of the molecule is Cc1cc(C)cc(Nc2ncnc(Sc3ccc(Cl)cc3)c2[N+](=O)[O-])c1. The van der Waals surface area contributed by atoms with Gasteiger partial charge < -0.3 is 5.32 Å². The highest BCUT2D eigenvalue weighted by Gasteiger charge is 2.24. The molecular formula is C18H15ClN4O2S. The smallest absolute Gasteiger partial charge is 0.334 e. The maximum atomic E-state index is 11.7. The van der Waals surface area contributed by atoms with Crippen LogP contribution in [0.5, 0.6) is 0 Å². The Hall–Kier alpha value is -2.64. The highest BCUT2D eigenvalue weighted by Crippen LogP contribution is 2.37. The minimum atomic E-state index is -0.469. The molecule has 3 aromatic rings. The summed E-state index contributed by atoms with van der Waals surface area (Å²) in [5.74, 6) is 0.159. The van der Waals surface area contributed by atoms with Crippen LogP contribution in [0.25, 0.3) is 0 Å². The molecule has 0 aliphatic heterocycles. The molecule has 2 aromatic carbocycles. The predicted molar refractivity (Wildman–Crippen MR) is 103 cm³/mol. The molecule has 0 fully saturated rings. The lowest BCUT2D eigenvalue weighted by molar-refractivity contribution is -0.387. The van der Waals surface area contributed by atoms with Crippen molar-refractivity contribution in [3.8, 4) is 0 Å². The number of rotatable bonds is 5. The van der Waals surface area contributed by atoms with Crippen LogP contribution in [0.15, 0.2) is 58.7 Å². The van der Waals surface area contributed by atoms with Crippen molar-refractivity contribution in [2.45, 2.75) is 23.8 Å². The van der Waals surface area contributed by atoms with Crippen LogP contribution in [-0.2, 0) is 0 Å². The summed E-state index contributed by atoms with van der Waals surface area (Å²) in [7, 11) is 0. The van der Waals surface area contributed by atoms with E-state index in [2.05, 4.69) is 15.3 Å². The Labute approximate surface area is 159 Å². The van der Waals surface area contributed by atoms with E-state index in [4.69, 9.17) is 11.6 Å². The maximum absolute atomic E-state index is 11.7. The molecule has 0 atom stereocenters. The first-order valence-corrected chi connectivity index (χ1v) is 8.90. The van der Waals surface area contributed by atoms with Gasteiger partial charge in [0.2, 0.25) is 5.82 Å². The molecule has 8 heteroatoms. The number of aryl methyl sites for hydroxylation is 2. The molecule has 132 valence electrons. The number of benzene rings is 2. The van der Waals surface area contributed by atoms with Crippen molar-refractivity contribution in [3.05, 3.63) is 75.1 Å². The van der Waals surface area contributed by atoms with Crippen molar-refractivity contribution < 1.29 is 4.92 Å². The van der Waals surface area contributed by atoms with Gasteiger partial charge in [-0.3, -0.25) is 10.1 Å². The zero-order valence-corrected chi connectivity index (χ0v) is 15.6. The summed E-state index contributed by atoms with van der Waals surface area (Å²) in [6, 6.07) is 12.9. The molecule has 0 amide bonds. The average molecular weight is 387 g/mol. The van der Waals surface area contributed by atoms with Gasteiger partial charge in [-0.15, -0.1) is 0 Å². The molecule has 0 aliphatic rings. The zero-order valence-electron chi connectivity index (χ0n) is 14.1. The van der Waals surface area contributed by atoms with Gasteiger partial charge in [-0.25, -0.2) is 9.97 Å². The van der Waals surface area contributed by atoms with Crippen LogP contribution < -0.4 is 5.32 Å². The summed E-state index contributed by atoms with van der Waals surface area (Å²) in [5.41, 5.74) is 2.69. The normalized spacial score (nSPS) is 10.6. The largest absolute Gasteiger partial charge is 0.343 e. The van der Waals surface area contributed by atoms with E-state index in [1.54, 1.807) is 24.3 Å². The van der Waals surface area contributed by atoms with Crippen molar-refractivity contribution in [2.75, 3.05) is 5.32 Å². The second-order valence-corrected chi connectivity index (χ2v) is 7.19. The second kappa shape index (κ2) is 7.72. The number of nitrogens with zero attached hydrogens (tertiary/aromatic N) is 3. The van der Waals surface area contributed by atoms with Crippen molar-refractivity contribution in [1.82, 2.24) is 9.97 Å². The summed E-state index contributed by atoms with van der Waals surface area (Å²) in [6.45, 7) is 3.93. The van der Waals surface area contributed by atoms with E-state index in [9.17, 15) is 10.1 Å². The number of anilines is 2. The Morgan fingerprint density at radius 3 is 2.35 bits per heavy atom. The molecular weight excluding hydrogens is 372 g/mol. The Kier molecular flexibility index (Phi) is 5.39. The Balaban J connectivity index is 1.98. The molecule has 0 unspecified atom stereocenters. The Bertz CT molecular complexity index is 944. The van der Waals surface area contributed by atoms with Gasteiger partial charge >= 0.3 is 5.69 Å². The van der Waals surface area contributed by atoms with Gasteiger partial charge in [0.15, 0.2) is 5.03 Å². The lowest BCUT2D eigenvalue weighted by Gasteiger charge is -2.10. The van der Waals surface area contributed by atoms with Crippen LogP contribution in [0.3, 0.4) is 0 Å². The van der Waals surface area contributed by atoms with Crippen molar-refractivity contribution >= 4 is 40.6 Å². The number of nitro groups is 1. The number of hydrogen-bond acceptors (Lipinski definition) is 6. The maximum Gasteiger partial charge on any atom is 0.343 e. The fraction of sp³-hybridized carbons (Fsp3) is 0.111. The molecule has 0 saturated carbocycles. The summed E-state index contributed by atoms with van der Waals surface area (Å²) in [4.78, 5) is 20.2. The third kappa shape index (κ3) is 4.30. The van der Waals surface area contributed by atoms with Crippen molar-refractivity contribution in [1.29, 1.82) is 0 Å². The van der Waals surface area contributed by atoms with Gasteiger partial charge in [0, 0.05) is 15.6 Å². The van der Waals surface area contributed by atoms with E-state index < -0.39 is 4.92 Å². The fourth-order valence-electron chi connectivity index (χ4n) is 2.49. The van der Waals surface area contributed by atoms with E-state index in [1.165, 1.54) is 18.1 Å². The quantitative estimate of drug-likeness (QED) is 0.351. The second-order valence-electron chi connectivity index (χ2n) is 5.69. The highest BCUT2D eigenvalue weighted by atomic mass is 35.5. The molecule has 0 bridgehead atoms. The van der Waals surface area contributed by atoms with E-state index in [-0.39, 0.29) is 16.5 Å². The first kappa shape index (κ1) is 18.2. The lowest BCUT2D eigenvalue weighted by atomic mass is 10.1. The molecule has 0 spiro atoms. The van der Waals surface area contributed by atoms with E-state index in [0.717, 1.165) is 21.7 Å². The predicted octanol–water partition coefficient (Wildman–Crippen LogP) is 5.55. The number of nitrogens with one attached hydrogen (secondary N) is 1. The molecule has 1 aromatic heterocycles. The third-order valence-corrected chi connectivity index (χ3v) is 4.74. The van der Waals surface area contributed by atoms with E-state index in [0.29, 0.717) is 5.02 Å². The molecule has 1 N–H and O–H groups in total. The molecule has 26 heavy (non-hydrogen) atoms. The van der Waals surface area contributed by atoms with Crippen LogP contribution in [0, 0.1) is 24.0 Å². The zero-order chi connectivity index (χ0) is 18.7. The molecule has 0 radical (unpaired) electrons. The topological polar surface area (TPSA) is 81.0 Å². The van der Waals surface area contributed by atoms with Gasteiger partial charge in [0.05, 0.1) is 4.92 Å². The number of halogens is 1. The first-order chi connectivity index (χ1) is 12.4. The van der Waals surface area contributed by atoms with Gasteiger partial charge in [0.25, 0.3) is 0 Å².